The number of aliphatic hydroxyl groups excluding tert-OH is 1. The molecule has 84 valence electrons. The summed E-state index contributed by atoms with van der Waals surface area (Å²) in [6, 6.07) is 0. The molecule has 1 saturated heterocycles. The van der Waals surface area contributed by atoms with Crippen molar-refractivity contribution in [2.45, 2.75) is 19.1 Å². The fraction of sp³-hybridized carbons (Fsp3) is 0.700. The van der Waals surface area contributed by atoms with Crippen molar-refractivity contribution in [1.82, 2.24) is 9.88 Å². The number of morpholine rings is 1. The van der Waals surface area contributed by atoms with Gasteiger partial charge >= 0.3 is 0 Å². The largest absolute Gasteiger partial charge is 0.388 e. The summed E-state index contributed by atoms with van der Waals surface area (Å²) in [6.07, 6.45) is 1.38. The predicted molar refractivity (Wildman–Crippen MR) is 58.9 cm³/mol. The molecule has 15 heavy (non-hydrogen) atoms. The van der Waals surface area contributed by atoms with Crippen molar-refractivity contribution in [2.24, 2.45) is 0 Å². The maximum atomic E-state index is 9.41. The molecule has 1 N–H and O–H groups in total. The van der Waals surface area contributed by atoms with Gasteiger partial charge in [-0.05, 0) is 14.0 Å². The van der Waals surface area contributed by atoms with E-state index in [1.54, 1.807) is 13.1 Å². The lowest BCUT2D eigenvalue weighted by atomic mass is 10.3. The third-order valence-corrected chi connectivity index (χ3v) is 3.76. The van der Waals surface area contributed by atoms with Crippen LogP contribution in [0.25, 0.3) is 0 Å². The van der Waals surface area contributed by atoms with Crippen LogP contribution in [0.5, 0.6) is 0 Å². The summed E-state index contributed by atoms with van der Waals surface area (Å²) in [6.45, 7) is 4.37. The van der Waals surface area contributed by atoms with Crippen LogP contribution in [0.1, 0.15) is 29.0 Å². The second-order valence-electron chi connectivity index (χ2n) is 3.90. The number of likely N-dealkylation sites (N-methyl/N-ethyl adjacent to an activating group) is 1. The molecule has 2 unspecified atom stereocenters. The summed E-state index contributed by atoms with van der Waals surface area (Å²) < 4.78 is 5.65. The highest BCUT2D eigenvalue weighted by molar-refractivity contribution is 7.11. The number of rotatable bonds is 2. The molecule has 0 amide bonds. The van der Waals surface area contributed by atoms with Crippen LogP contribution in [-0.4, -0.2) is 41.7 Å². The van der Waals surface area contributed by atoms with Crippen LogP contribution in [-0.2, 0) is 4.74 Å². The molecule has 2 rings (SSSR count). The molecule has 1 aromatic rings. The Labute approximate surface area is 93.5 Å². The van der Waals surface area contributed by atoms with Gasteiger partial charge in [-0.1, -0.05) is 0 Å². The third kappa shape index (κ3) is 2.55. The Morgan fingerprint density at radius 1 is 1.73 bits per heavy atom. The SMILES string of the molecule is CC(O)c1cnc(C2CN(C)CCO2)s1. The average molecular weight is 228 g/mol. The van der Waals surface area contributed by atoms with Gasteiger partial charge in [-0.25, -0.2) is 4.98 Å². The van der Waals surface area contributed by atoms with E-state index in [-0.39, 0.29) is 6.10 Å². The first-order valence-electron chi connectivity index (χ1n) is 5.10. The Hall–Kier alpha value is -0.490. The van der Waals surface area contributed by atoms with Gasteiger partial charge in [0.1, 0.15) is 11.1 Å². The minimum atomic E-state index is -0.433. The smallest absolute Gasteiger partial charge is 0.123 e. The van der Waals surface area contributed by atoms with E-state index >= 15 is 0 Å². The van der Waals surface area contributed by atoms with Crippen molar-refractivity contribution < 1.29 is 9.84 Å². The Morgan fingerprint density at radius 2 is 2.53 bits per heavy atom. The minimum absolute atomic E-state index is 0.0706. The van der Waals surface area contributed by atoms with Crippen LogP contribution in [0.15, 0.2) is 6.20 Å². The van der Waals surface area contributed by atoms with Gasteiger partial charge in [0.05, 0.1) is 17.6 Å². The van der Waals surface area contributed by atoms with E-state index in [2.05, 4.69) is 16.9 Å². The highest BCUT2D eigenvalue weighted by Gasteiger charge is 2.22. The lowest BCUT2D eigenvalue weighted by molar-refractivity contribution is -0.0209. The van der Waals surface area contributed by atoms with E-state index in [1.807, 2.05) is 0 Å². The van der Waals surface area contributed by atoms with Crippen LogP contribution >= 0.6 is 11.3 Å². The molecule has 2 heterocycles. The molecule has 4 nitrogen and oxygen atoms in total. The molecule has 1 aliphatic heterocycles. The fourth-order valence-corrected chi connectivity index (χ4v) is 2.47. The average Bonchev–Trinajstić information content (AvgIpc) is 2.66. The van der Waals surface area contributed by atoms with Crippen molar-refractivity contribution >= 4 is 11.3 Å². The summed E-state index contributed by atoms with van der Waals surface area (Å²) in [5, 5.41) is 10.4. The Morgan fingerprint density at radius 3 is 3.13 bits per heavy atom. The topological polar surface area (TPSA) is 45.6 Å². The van der Waals surface area contributed by atoms with Crippen molar-refractivity contribution in [2.75, 3.05) is 26.7 Å². The van der Waals surface area contributed by atoms with Crippen LogP contribution in [0, 0.1) is 0 Å². The molecular weight excluding hydrogens is 212 g/mol. The van der Waals surface area contributed by atoms with E-state index in [0.717, 1.165) is 29.6 Å². The van der Waals surface area contributed by atoms with Gasteiger partial charge in [0, 0.05) is 19.3 Å². The Kier molecular flexibility index (Phi) is 3.35. The van der Waals surface area contributed by atoms with Crippen LogP contribution < -0.4 is 0 Å². The first kappa shape index (κ1) is 11.0. The van der Waals surface area contributed by atoms with Crippen LogP contribution in [0.3, 0.4) is 0 Å². The van der Waals surface area contributed by atoms with E-state index in [9.17, 15) is 5.11 Å². The number of aliphatic hydroxyl groups is 1. The first-order valence-corrected chi connectivity index (χ1v) is 5.92. The molecule has 0 bridgehead atoms. The summed E-state index contributed by atoms with van der Waals surface area (Å²) in [7, 11) is 2.08. The highest BCUT2D eigenvalue weighted by Crippen LogP contribution is 2.28. The number of thiazole rings is 1. The van der Waals surface area contributed by atoms with Crippen molar-refractivity contribution in [1.29, 1.82) is 0 Å². The third-order valence-electron chi connectivity index (χ3n) is 2.50. The number of hydrogen-bond donors (Lipinski definition) is 1. The lowest BCUT2D eigenvalue weighted by Crippen LogP contribution is -2.35. The normalized spacial score (nSPS) is 25.4. The number of hydrogen-bond acceptors (Lipinski definition) is 5. The van der Waals surface area contributed by atoms with Crippen LogP contribution in [0.2, 0.25) is 0 Å². The molecule has 1 aromatic heterocycles. The second kappa shape index (κ2) is 4.57. The molecule has 0 aliphatic carbocycles. The number of aromatic nitrogens is 1. The van der Waals surface area contributed by atoms with Gasteiger partial charge in [0.25, 0.3) is 0 Å². The summed E-state index contributed by atoms with van der Waals surface area (Å²) in [5.74, 6) is 0. The van der Waals surface area contributed by atoms with Gasteiger partial charge in [-0.3, -0.25) is 0 Å². The van der Waals surface area contributed by atoms with Gasteiger partial charge in [0.15, 0.2) is 0 Å². The maximum absolute atomic E-state index is 9.41. The second-order valence-corrected chi connectivity index (χ2v) is 4.99. The first-order chi connectivity index (χ1) is 7.16. The van der Waals surface area contributed by atoms with Gasteiger partial charge < -0.3 is 14.7 Å². The van der Waals surface area contributed by atoms with Crippen molar-refractivity contribution in [3.8, 4) is 0 Å². The van der Waals surface area contributed by atoms with E-state index in [0.29, 0.717) is 0 Å². The van der Waals surface area contributed by atoms with Crippen molar-refractivity contribution in [3.05, 3.63) is 16.1 Å². The van der Waals surface area contributed by atoms with E-state index < -0.39 is 6.10 Å². The molecule has 0 spiro atoms. The van der Waals surface area contributed by atoms with E-state index in [4.69, 9.17) is 4.74 Å². The highest BCUT2D eigenvalue weighted by atomic mass is 32.1. The molecule has 0 aromatic carbocycles. The molecule has 5 heteroatoms. The summed E-state index contributed by atoms with van der Waals surface area (Å²) in [5.41, 5.74) is 0. The molecule has 0 radical (unpaired) electrons. The maximum Gasteiger partial charge on any atom is 0.123 e. The molecule has 1 aliphatic rings. The van der Waals surface area contributed by atoms with E-state index in [1.165, 1.54) is 11.3 Å². The standard InChI is InChI=1S/C10H16N2O2S/c1-7(13)9-5-11-10(15-9)8-6-12(2)3-4-14-8/h5,7-8,13H,3-4,6H2,1-2H3. The zero-order chi connectivity index (χ0) is 10.8. The molecule has 1 fully saturated rings. The quantitative estimate of drug-likeness (QED) is 0.826. The fourth-order valence-electron chi connectivity index (χ4n) is 1.57. The predicted octanol–water partition coefficient (Wildman–Crippen LogP) is 1.20. The Balaban J connectivity index is 2.08. The van der Waals surface area contributed by atoms with Gasteiger partial charge in [0.2, 0.25) is 0 Å². The zero-order valence-electron chi connectivity index (χ0n) is 9.01. The molecule has 0 saturated carbocycles. The minimum Gasteiger partial charge on any atom is -0.388 e. The number of ether oxygens (including phenoxy) is 1. The Bertz CT molecular complexity index is 327. The lowest BCUT2D eigenvalue weighted by Gasteiger charge is -2.28. The summed E-state index contributed by atoms with van der Waals surface area (Å²) >= 11 is 1.54. The molecular formula is C10H16N2O2S. The van der Waals surface area contributed by atoms with Crippen molar-refractivity contribution in [3.63, 3.8) is 0 Å². The van der Waals surface area contributed by atoms with Crippen LogP contribution in [0.4, 0.5) is 0 Å². The summed E-state index contributed by atoms with van der Waals surface area (Å²) in [4.78, 5) is 7.44. The number of nitrogens with zero attached hydrogens (tertiary/aromatic N) is 2. The monoisotopic (exact) mass is 228 g/mol. The zero-order valence-corrected chi connectivity index (χ0v) is 9.83. The van der Waals surface area contributed by atoms with Gasteiger partial charge in [-0.15, -0.1) is 11.3 Å². The molecule has 2 atom stereocenters. The van der Waals surface area contributed by atoms with Gasteiger partial charge in [-0.2, -0.15) is 0 Å².